The largest absolute Gasteiger partial charge is 0.478 e. The predicted octanol–water partition coefficient (Wildman–Crippen LogP) is 2.50. The van der Waals surface area contributed by atoms with Gasteiger partial charge in [-0.05, 0) is 18.2 Å². The molecular weight excluding hydrogens is 202 g/mol. The molecular formula is C13H13NO2. The first-order valence-electron chi connectivity index (χ1n) is 5.41. The Balaban J connectivity index is 1.87. The van der Waals surface area contributed by atoms with Crippen LogP contribution in [0.2, 0.25) is 0 Å². The molecule has 3 rings (SSSR count). The maximum atomic E-state index is 5.53. The van der Waals surface area contributed by atoms with Crippen molar-refractivity contribution in [2.75, 3.05) is 6.73 Å². The van der Waals surface area contributed by atoms with Gasteiger partial charge in [0.05, 0.1) is 6.26 Å². The first-order valence-corrected chi connectivity index (χ1v) is 5.41. The van der Waals surface area contributed by atoms with Crippen LogP contribution in [-0.2, 0) is 6.42 Å². The van der Waals surface area contributed by atoms with Gasteiger partial charge in [0.25, 0.3) is 0 Å². The summed E-state index contributed by atoms with van der Waals surface area (Å²) in [6.07, 6.45) is 2.56. The standard InChI is InChI=1S/C13H13NO2/c1-2-6-13-11(5-1)12(14-9-16-13)8-10-4-3-7-15-10/h1-7,12,14H,8-9H2. The van der Waals surface area contributed by atoms with Crippen molar-refractivity contribution in [3.8, 4) is 5.75 Å². The van der Waals surface area contributed by atoms with Gasteiger partial charge < -0.3 is 9.15 Å². The van der Waals surface area contributed by atoms with Crippen molar-refractivity contribution in [2.45, 2.75) is 12.5 Å². The fraction of sp³-hybridized carbons (Fsp3) is 0.231. The molecule has 0 spiro atoms. The second kappa shape index (κ2) is 4.02. The van der Waals surface area contributed by atoms with E-state index in [2.05, 4.69) is 11.4 Å². The maximum Gasteiger partial charge on any atom is 0.140 e. The molecule has 82 valence electrons. The van der Waals surface area contributed by atoms with Gasteiger partial charge in [-0.2, -0.15) is 0 Å². The molecule has 16 heavy (non-hydrogen) atoms. The highest BCUT2D eigenvalue weighted by atomic mass is 16.5. The topological polar surface area (TPSA) is 34.4 Å². The number of benzene rings is 1. The summed E-state index contributed by atoms with van der Waals surface area (Å²) in [5, 5.41) is 3.33. The molecule has 3 heteroatoms. The van der Waals surface area contributed by atoms with Crippen LogP contribution in [0, 0.1) is 0 Å². The summed E-state index contributed by atoms with van der Waals surface area (Å²) in [6, 6.07) is 12.3. The average Bonchev–Trinajstić information content (AvgIpc) is 2.82. The van der Waals surface area contributed by atoms with Crippen LogP contribution >= 0.6 is 0 Å². The molecule has 1 aromatic heterocycles. The van der Waals surface area contributed by atoms with Crippen LogP contribution in [0.15, 0.2) is 47.1 Å². The molecule has 2 heterocycles. The fourth-order valence-electron chi connectivity index (χ4n) is 2.04. The lowest BCUT2D eigenvalue weighted by Gasteiger charge is -2.26. The summed E-state index contributed by atoms with van der Waals surface area (Å²) in [5.74, 6) is 1.96. The number of fused-ring (bicyclic) bond motifs is 1. The van der Waals surface area contributed by atoms with Crippen LogP contribution in [0.3, 0.4) is 0 Å². The molecule has 2 aromatic rings. The number of furan rings is 1. The normalized spacial score (nSPS) is 18.9. The van der Waals surface area contributed by atoms with Crippen LogP contribution in [0.5, 0.6) is 5.75 Å². The van der Waals surface area contributed by atoms with Crippen molar-refractivity contribution >= 4 is 0 Å². The van der Waals surface area contributed by atoms with Crippen LogP contribution in [0.25, 0.3) is 0 Å². The maximum absolute atomic E-state index is 5.53. The highest BCUT2D eigenvalue weighted by Crippen LogP contribution is 2.30. The molecule has 0 saturated carbocycles. The number of nitrogens with one attached hydrogen (secondary N) is 1. The van der Waals surface area contributed by atoms with Gasteiger partial charge >= 0.3 is 0 Å². The fourth-order valence-corrected chi connectivity index (χ4v) is 2.04. The monoisotopic (exact) mass is 215 g/mol. The van der Waals surface area contributed by atoms with E-state index in [1.807, 2.05) is 30.3 Å². The minimum Gasteiger partial charge on any atom is -0.478 e. The van der Waals surface area contributed by atoms with Gasteiger partial charge in [0.15, 0.2) is 0 Å². The number of ether oxygens (including phenoxy) is 1. The smallest absolute Gasteiger partial charge is 0.140 e. The Labute approximate surface area is 94.0 Å². The Bertz CT molecular complexity index is 465. The van der Waals surface area contributed by atoms with E-state index in [-0.39, 0.29) is 6.04 Å². The Morgan fingerprint density at radius 3 is 3.00 bits per heavy atom. The van der Waals surface area contributed by atoms with Gasteiger partial charge in [-0.15, -0.1) is 0 Å². The van der Waals surface area contributed by atoms with Gasteiger partial charge in [-0.25, -0.2) is 0 Å². The van der Waals surface area contributed by atoms with Gasteiger partial charge in [0, 0.05) is 18.0 Å². The summed E-state index contributed by atoms with van der Waals surface area (Å²) in [4.78, 5) is 0. The third-order valence-corrected chi connectivity index (χ3v) is 2.84. The number of rotatable bonds is 2. The molecule has 3 nitrogen and oxygen atoms in total. The zero-order chi connectivity index (χ0) is 10.8. The Hall–Kier alpha value is -1.74. The average molecular weight is 215 g/mol. The van der Waals surface area contributed by atoms with E-state index in [1.54, 1.807) is 6.26 Å². The number of para-hydroxylation sites is 1. The van der Waals surface area contributed by atoms with Gasteiger partial charge in [-0.3, -0.25) is 5.32 Å². The van der Waals surface area contributed by atoms with Crippen molar-refractivity contribution in [1.29, 1.82) is 0 Å². The summed E-state index contributed by atoms with van der Waals surface area (Å²) < 4.78 is 10.9. The first-order chi connectivity index (χ1) is 7.93. The summed E-state index contributed by atoms with van der Waals surface area (Å²) in [5.41, 5.74) is 1.20. The molecule has 0 bridgehead atoms. The molecule has 1 N–H and O–H groups in total. The highest BCUT2D eigenvalue weighted by molar-refractivity contribution is 5.37. The lowest BCUT2D eigenvalue weighted by Crippen LogP contribution is -2.32. The minimum atomic E-state index is 0.274. The number of hydrogen-bond acceptors (Lipinski definition) is 3. The second-order valence-corrected chi connectivity index (χ2v) is 3.87. The van der Waals surface area contributed by atoms with Crippen LogP contribution in [-0.4, -0.2) is 6.73 Å². The molecule has 0 aliphatic carbocycles. The van der Waals surface area contributed by atoms with E-state index in [1.165, 1.54) is 5.56 Å². The quantitative estimate of drug-likeness (QED) is 0.835. The third kappa shape index (κ3) is 1.70. The molecule has 1 unspecified atom stereocenters. The van der Waals surface area contributed by atoms with Gasteiger partial charge in [-0.1, -0.05) is 18.2 Å². The van der Waals surface area contributed by atoms with Crippen molar-refractivity contribution in [2.24, 2.45) is 0 Å². The zero-order valence-corrected chi connectivity index (χ0v) is 8.85. The molecule has 1 aliphatic rings. The van der Waals surface area contributed by atoms with Crippen LogP contribution in [0.4, 0.5) is 0 Å². The van der Waals surface area contributed by atoms with Crippen LogP contribution in [0.1, 0.15) is 17.4 Å². The molecule has 0 fully saturated rings. The van der Waals surface area contributed by atoms with Crippen molar-refractivity contribution in [1.82, 2.24) is 5.32 Å². The van der Waals surface area contributed by atoms with Gasteiger partial charge in [0.2, 0.25) is 0 Å². The Morgan fingerprint density at radius 1 is 1.19 bits per heavy atom. The Kier molecular flexibility index (Phi) is 2.38. The summed E-state index contributed by atoms with van der Waals surface area (Å²) in [7, 11) is 0. The molecule has 0 saturated heterocycles. The van der Waals surface area contributed by atoms with Crippen LogP contribution < -0.4 is 10.1 Å². The van der Waals surface area contributed by atoms with Crippen molar-refractivity contribution < 1.29 is 9.15 Å². The minimum absolute atomic E-state index is 0.274. The van der Waals surface area contributed by atoms with Crippen molar-refractivity contribution in [3.63, 3.8) is 0 Å². The number of hydrogen-bond donors (Lipinski definition) is 1. The Morgan fingerprint density at radius 2 is 2.12 bits per heavy atom. The highest BCUT2D eigenvalue weighted by Gasteiger charge is 2.21. The molecule has 1 atom stereocenters. The second-order valence-electron chi connectivity index (χ2n) is 3.87. The lowest BCUT2D eigenvalue weighted by molar-refractivity contribution is 0.227. The molecule has 0 radical (unpaired) electrons. The lowest BCUT2D eigenvalue weighted by atomic mass is 10.0. The van der Waals surface area contributed by atoms with E-state index in [9.17, 15) is 0 Å². The van der Waals surface area contributed by atoms with E-state index >= 15 is 0 Å². The van der Waals surface area contributed by atoms with Crippen molar-refractivity contribution in [3.05, 3.63) is 54.0 Å². The zero-order valence-electron chi connectivity index (χ0n) is 8.85. The molecule has 1 aromatic carbocycles. The van der Waals surface area contributed by atoms with E-state index in [0.717, 1.165) is 17.9 Å². The molecule has 0 amide bonds. The summed E-state index contributed by atoms with van der Waals surface area (Å²) >= 11 is 0. The SMILES string of the molecule is c1coc(CC2NCOc3ccccc32)c1. The van der Waals surface area contributed by atoms with E-state index in [4.69, 9.17) is 9.15 Å². The third-order valence-electron chi connectivity index (χ3n) is 2.84. The van der Waals surface area contributed by atoms with E-state index in [0.29, 0.717) is 6.73 Å². The summed E-state index contributed by atoms with van der Waals surface area (Å²) in [6.45, 7) is 0.558. The first kappa shape index (κ1) is 9.48. The van der Waals surface area contributed by atoms with E-state index < -0.39 is 0 Å². The molecule has 1 aliphatic heterocycles. The van der Waals surface area contributed by atoms with Gasteiger partial charge in [0.1, 0.15) is 18.2 Å². The predicted molar refractivity (Wildman–Crippen MR) is 60.2 cm³/mol.